The van der Waals surface area contributed by atoms with E-state index in [1.165, 1.54) is 25.3 Å². The van der Waals surface area contributed by atoms with Crippen molar-refractivity contribution in [1.82, 2.24) is 14.8 Å². The summed E-state index contributed by atoms with van der Waals surface area (Å²) >= 11 is 1.02. The SMILES string of the molecule is COc1ccccc1-n1nc(C(=O)Nc2nc3ccc([N+](=O)[O-])cc3s2)c(O)cc1=O. The van der Waals surface area contributed by atoms with Gasteiger partial charge in [-0.15, -0.1) is 0 Å². The number of nitro benzene ring substituents is 1. The molecule has 0 saturated carbocycles. The third-order valence-electron chi connectivity index (χ3n) is 4.24. The van der Waals surface area contributed by atoms with Crippen molar-refractivity contribution in [3.8, 4) is 17.2 Å². The van der Waals surface area contributed by atoms with Gasteiger partial charge in [-0.2, -0.15) is 9.78 Å². The molecule has 2 aromatic heterocycles. The number of hydrogen-bond donors (Lipinski definition) is 2. The van der Waals surface area contributed by atoms with E-state index in [2.05, 4.69) is 15.4 Å². The molecule has 31 heavy (non-hydrogen) atoms. The van der Waals surface area contributed by atoms with Crippen LogP contribution in [-0.2, 0) is 0 Å². The van der Waals surface area contributed by atoms with E-state index in [1.807, 2.05) is 0 Å². The Hall–Kier alpha value is -4.32. The number of nitrogens with one attached hydrogen (secondary N) is 1. The van der Waals surface area contributed by atoms with Gasteiger partial charge in [0.2, 0.25) is 0 Å². The summed E-state index contributed by atoms with van der Waals surface area (Å²) in [5.74, 6) is -1.07. The number of aromatic nitrogens is 3. The van der Waals surface area contributed by atoms with Gasteiger partial charge in [-0.25, -0.2) is 4.98 Å². The number of nitrogens with zero attached hydrogens (tertiary/aromatic N) is 4. The first-order valence-electron chi connectivity index (χ1n) is 8.70. The molecule has 12 heteroatoms. The predicted octanol–water partition coefficient (Wildman–Crippen LogP) is 2.72. The standard InChI is InChI=1S/C19H13N5O6S/c1-30-14-5-3-2-4-12(14)23-16(26)9-13(25)17(22-23)18(27)21-19-20-11-7-6-10(24(28)29)8-15(11)31-19/h2-9,25H,1H3,(H,20,21,27). The van der Waals surface area contributed by atoms with E-state index in [-0.39, 0.29) is 16.5 Å². The lowest BCUT2D eigenvalue weighted by molar-refractivity contribution is -0.384. The summed E-state index contributed by atoms with van der Waals surface area (Å²) in [6, 6.07) is 11.6. The molecule has 0 bridgehead atoms. The number of carbonyl (C=O) groups is 1. The number of carbonyl (C=O) groups excluding carboxylic acids is 1. The number of benzene rings is 2. The lowest BCUT2D eigenvalue weighted by atomic mass is 10.3. The van der Waals surface area contributed by atoms with Crippen LogP contribution in [0.1, 0.15) is 10.5 Å². The van der Waals surface area contributed by atoms with Gasteiger partial charge in [0.15, 0.2) is 16.6 Å². The number of fused-ring (bicyclic) bond motifs is 1. The number of aromatic hydroxyl groups is 1. The number of para-hydroxylation sites is 2. The maximum atomic E-state index is 12.7. The molecule has 4 rings (SSSR count). The third-order valence-corrected chi connectivity index (χ3v) is 5.18. The Morgan fingerprint density at radius 3 is 2.77 bits per heavy atom. The molecular formula is C19H13N5O6S. The Morgan fingerprint density at radius 2 is 2.03 bits per heavy atom. The van der Waals surface area contributed by atoms with Gasteiger partial charge in [0.05, 0.1) is 22.2 Å². The number of non-ortho nitro benzene ring substituents is 1. The Bertz CT molecular complexity index is 1400. The molecule has 0 fully saturated rings. The predicted molar refractivity (Wildman–Crippen MR) is 112 cm³/mol. The molecule has 0 aliphatic heterocycles. The van der Waals surface area contributed by atoms with Crippen LogP contribution in [0.5, 0.6) is 11.5 Å². The zero-order chi connectivity index (χ0) is 22.1. The molecule has 4 aromatic rings. The zero-order valence-electron chi connectivity index (χ0n) is 15.8. The monoisotopic (exact) mass is 439 g/mol. The van der Waals surface area contributed by atoms with E-state index >= 15 is 0 Å². The topological polar surface area (TPSA) is 149 Å². The highest BCUT2D eigenvalue weighted by molar-refractivity contribution is 7.22. The largest absolute Gasteiger partial charge is 0.505 e. The van der Waals surface area contributed by atoms with Crippen LogP contribution in [0.15, 0.2) is 53.3 Å². The Balaban J connectivity index is 1.70. The Morgan fingerprint density at radius 1 is 1.26 bits per heavy atom. The normalized spacial score (nSPS) is 10.7. The van der Waals surface area contributed by atoms with Crippen molar-refractivity contribution in [3.05, 3.63) is 74.7 Å². The molecule has 0 radical (unpaired) electrons. The molecular weight excluding hydrogens is 426 g/mol. The van der Waals surface area contributed by atoms with Gasteiger partial charge in [-0.05, 0) is 18.2 Å². The van der Waals surface area contributed by atoms with Gasteiger partial charge in [0.1, 0.15) is 11.4 Å². The minimum absolute atomic E-state index is 0.0998. The van der Waals surface area contributed by atoms with Crippen LogP contribution in [0.2, 0.25) is 0 Å². The van der Waals surface area contributed by atoms with Crippen molar-refractivity contribution in [2.24, 2.45) is 0 Å². The van der Waals surface area contributed by atoms with Crippen molar-refractivity contribution in [1.29, 1.82) is 0 Å². The first kappa shape index (κ1) is 20.0. The first-order chi connectivity index (χ1) is 14.9. The zero-order valence-corrected chi connectivity index (χ0v) is 16.6. The fourth-order valence-corrected chi connectivity index (χ4v) is 3.72. The van der Waals surface area contributed by atoms with Crippen molar-refractivity contribution in [2.45, 2.75) is 0 Å². The van der Waals surface area contributed by atoms with Gasteiger partial charge in [-0.3, -0.25) is 25.0 Å². The average molecular weight is 439 g/mol. The second kappa shape index (κ2) is 7.84. The van der Waals surface area contributed by atoms with Crippen LogP contribution < -0.4 is 15.6 Å². The molecule has 0 saturated heterocycles. The molecule has 2 aromatic carbocycles. The molecule has 0 unspecified atom stereocenters. The number of nitro groups is 1. The minimum atomic E-state index is -0.810. The lowest BCUT2D eigenvalue weighted by Gasteiger charge is -2.11. The maximum Gasteiger partial charge on any atom is 0.281 e. The summed E-state index contributed by atoms with van der Waals surface area (Å²) in [4.78, 5) is 39.6. The molecule has 2 heterocycles. The van der Waals surface area contributed by atoms with E-state index in [9.17, 15) is 24.8 Å². The number of thiazole rings is 1. The number of methoxy groups -OCH3 is 1. The van der Waals surface area contributed by atoms with E-state index in [1.54, 1.807) is 24.3 Å². The maximum absolute atomic E-state index is 12.7. The van der Waals surface area contributed by atoms with Gasteiger partial charge in [0.25, 0.3) is 17.2 Å². The second-order valence-corrected chi connectivity index (χ2v) is 7.21. The van der Waals surface area contributed by atoms with Crippen molar-refractivity contribution >= 4 is 38.3 Å². The summed E-state index contributed by atoms with van der Waals surface area (Å²) in [6.07, 6.45) is 0. The molecule has 0 spiro atoms. The summed E-state index contributed by atoms with van der Waals surface area (Å²) in [7, 11) is 1.43. The molecule has 11 nitrogen and oxygen atoms in total. The minimum Gasteiger partial charge on any atom is -0.505 e. The van der Waals surface area contributed by atoms with Crippen LogP contribution in [0.4, 0.5) is 10.8 Å². The summed E-state index contributed by atoms with van der Waals surface area (Å²) in [6.45, 7) is 0. The van der Waals surface area contributed by atoms with Crippen LogP contribution in [-0.4, -0.2) is 37.8 Å². The summed E-state index contributed by atoms with van der Waals surface area (Å²) < 4.78 is 6.66. The highest BCUT2D eigenvalue weighted by Gasteiger charge is 2.20. The molecule has 0 atom stereocenters. The van der Waals surface area contributed by atoms with Gasteiger partial charge in [-0.1, -0.05) is 23.5 Å². The van der Waals surface area contributed by atoms with Gasteiger partial charge >= 0.3 is 0 Å². The average Bonchev–Trinajstić information content (AvgIpc) is 3.15. The Labute approximate surface area is 177 Å². The lowest BCUT2D eigenvalue weighted by Crippen LogP contribution is -2.25. The van der Waals surface area contributed by atoms with Crippen LogP contribution in [0, 0.1) is 10.1 Å². The molecule has 0 aliphatic rings. The van der Waals surface area contributed by atoms with E-state index in [0.29, 0.717) is 16.0 Å². The molecule has 1 amide bonds. The number of anilines is 1. The molecule has 0 aliphatic carbocycles. The summed E-state index contributed by atoms with van der Waals surface area (Å²) in [5.41, 5.74) is -0.419. The molecule has 156 valence electrons. The van der Waals surface area contributed by atoms with Crippen LogP contribution in [0.3, 0.4) is 0 Å². The number of ether oxygens (including phenoxy) is 1. The van der Waals surface area contributed by atoms with E-state index < -0.39 is 27.8 Å². The van der Waals surface area contributed by atoms with Crippen LogP contribution in [0.25, 0.3) is 15.9 Å². The highest BCUT2D eigenvalue weighted by atomic mass is 32.1. The fraction of sp³-hybridized carbons (Fsp3) is 0.0526. The van der Waals surface area contributed by atoms with Crippen LogP contribution >= 0.6 is 11.3 Å². The first-order valence-corrected chi connectivity index (χ1v) is 9.52. The Kier molecular flexibility index (Phi) is 5.05. The van der Waals surface area contributed by atoms with Crippen molar-refractivity contribution < 1.29 is 19.6 Å². The molecule has 2 N–H and O–H groups in total. The van der Waals surface area contributed by atoms with Gasteiger partial charge in [0, 0.05) is 18.2 Å². The number of hydrogen-bond acceptors (Lipinski definition) is 9. The second-order valence-electron chi connectivity index (χ2n) is 6.18. The fourth-order valence-electron chi connectivity index (χ4n) is 2.82. The smallest absolute Gasteiger partial charge is 0.281 e. The highest BCUT2D eigenvalue weighted by Crippen LogP contribution is 2.30. The van der Waals surface area contributed by atoms with Crippen molar-refractivity contribution in [3.63, 3.8) is 0 Å². The summed E-state index contributed by atoms with van der Waals surface area (Å²) in [5, 5.41) is 27.7. The quantitative estimate of drug-likeness (QED) is 0.356. The number of amides is 1. The van der Waals surface area contributed by atoms with E-state index in [0.717, 1.165) is 22.1 Å². The van der Waals surface area contributed by atoms with Crippen molar-refractivity contribution in [2.75, 3.05) is 12.4 Å². The van der Waals surface area contributed by atoms with E-state index in [4.69, 9.17) is 4.74 Å². The number of rotatable bonds is 5. The third kappa shape index (κ3) is 3.79. The van der Waals surface area contributed by atoms with Gasteiger partial charge < -0.3 is 9.84 Å².